The van der Waals surface area contributed by atoms with Crippen LogP contribution in [0.3, 0.4) is 0 Å². The van der Waals surface area contributed by atoms with E-state index in [1.54, 1.807) is 46.7 Å². The van der Waals surface area contributed by atoms with Gasteiger partial charge < -0.3 is 24.4 Å². The Bertz CT molecular complexity index is 1030. The van der Waals surface area contributed by atoms with Crippen LogP contribution in [0.25, 0.3) is 0 Å². The van der Waals surface area contributed by atoms with Crippen molar-refractivity contribution in [3.05, 3.63) is 70.1 Å². The third-order valence-electron chi connectivity index (χ3n) is 5.70. The number of rotatable bonds is 12. The van der Waals surface area contributed by atoms with Gasteiger partial charge in [0.2, 0.25) is 5.78 Å². The number of aliphatic hydroxyl groups is 1. The molecule has 7 nitrogen and oxygen atoms in total. The predicted molar refractivity (Wildman–Crippen MR) is 129 cm³/mol. The van der Waals surface area contributed by atoms with Crippen LogP contribution < -0.4 is 9.47 Å². The Morgan fingerprint density at radius 3 is 2.64 bits per heavy atom. The van der Waals surface area contributed by atoms with E-state index < -0.39 is 17.7 Å². The third kappa shape index (κ3) is 5.12. The van der Waals surface area contributed by atoms with Crippen LogP contribution in [-0.2, 0) is 4.79 Å². The molecule has 0 bridgehead atoms. The van der Waals surface area contributed by atoms with E-state index in [4.69, 9.17) is 9.47 Å². The maximum atomic E-state index is 13.3. The molecule has 1 aliphatic heterocycles. The van der Waals surface area contributed by atoms with Gasteiger partial charge >= 0.3 is 0 Å². The number of aliphatic hydroxyl groups excluding tert-OH is 1. The molecule has 2 heterocycles. The Labute approximate surface area is 198 Å². The van der Waals surface area contributed by atoms with E-state index in [1.165, 1.54) is 18.4 Å². The van der Waals surface area contributed by atoms with Crippen molar-refractivity contribution in [1.29, 1.82) is 0 Å². The second-order valence-electron chi connectivity index (χ2n) is 7.51. The first-order chi connectivity index (χ1) is 16.0. The van der Waals surface area contributed by atoms with Crippen LogP contribution in [0.2, 0.25) is 0 Å². The highest BCUT2D eigenvalue weighted by Gasteiger charge is 2.44. The van der Waals surface area contributed by atoms with E-state index in [0.717, 1.165) is 13.1 Å². The normalized spacial score (nSPS) is 15.9. The van der Waals surface area contributed by atoms with E-state index in [0.29, 0.717) is 41.6 Å². The number of carbonyl (C=O) groups excluding carboxylic acids is 2. The Morgan fingerprint density at radius 2 is 2.03 bits per heavy atom. The molecule has 0 fully saturated rings. The van der Waals surface area contributed by atoms with Gasteiger partial charge in [-0.2, -0.15) is 0 Å². The van der Waals surface area contributed by atoms with Crippen molar-refractivity contribution in [3.8, 4) is 11.5 Å². The molecule has 1 aromatic heterocycles. The van der Waals surface area contributed by atoms with Crippen LogP contribution in [0.1, 0.15) is 35.1 Å². The topological polar surface area (TPSA) is 79.3 Å². The first kappa shape index (κ1) is 24.5. The zero-order valence-electron chi connectivity index (χ0n) is 19.2. The molecule has 8 heteroatoms. The quantitative estimate of drug-likeness (QED) is 0.369. The van der Waals surface area contributed by atoms with Crippen LogP contribution in [-0.4, -0.2) is 66.5 Å². The maximum absolute atomic E-state index is 13.3. The second kappa shape index (κ2) is 11.2. The van der Waals surface area contributed by atoms with Crippen molar-refractivity contribution in [2.24, 2.45) is 0 Å². The van der Waals surface area contributed by atoms with E-state index in [2.05, 4.69) is 25.3 Å². The van der Waals surface area contributed by atoms with Crippen molar-refractivity contribution in [1.82, 2.24) is 9.80 Å². The highest BCUT2D eigenvalue weighted by Crippen LogP contribution is 2.42. The van der Waals surface area contributed by atoms with Crippen LogP contribution in [0.15, 0.2) is 59.7 Å². The van der Waals surface area contributed by atoms with Gasteiger partial charge in [-0.25, -0.2) is 0 Å². The average Bonchev–Trinajstić information content (AvgIpc) is 3.46. The molecule has 0 spiro atoms. The van der Waals surface area contributed by atoms with Gasteiger partial charge in [-0.05, 0) is 42.2 Å². The number of ether oxygens (including phenoxy) is 2. The Hall–Kier alpha value is -3.10. The lowest BCUT2D eigenvalue weighted by Crippen LogP contribution is -2.38. The highest BCUT2D eigenvalue weighted by atomic mass is 32.1. The van der Waals surface area contributed by atoms with Crippen LogP contribution in [0.5, 0.6) is 11.5 Å². The summed E-state index contributed by atoms with van der Waals surface area (Å²) in [6.07, 6.45) is 1.64. The van der Waals surface area contributed by atoms with E-state index in [9.17, 15) is 14.7 Å². The molecular weight excluding hydrogens is 440 g/mol. The number of thiophene rings is 1. The summed E-state index contributed by atoms with van der Waals surface area (Å²) >= 11 is 1.28. The van der Waals surface area contributed by atoms with Crippen LogP contribution >= 0.6 is 11.3 Å². The summed E-state index contributed by atoms with van der Waals surface area (Å²) in [5.74, 6) is -0.390. The summed E-state index contributed by atoms with van der Waals surface area (Å²) in [5, 5.41) is 12.6. The largest absolute Gasteiger partial charge is 0.503 e. The minimum absolute atomic E-state index is 0.0869. The first-order valence-electron chi connectivity index (χ1n) is 10.9. The zero-order valence-corrected chi connectivity index (χ0v) is 20.1. The van der Waals surface area contributed by atoms with Gasteiger partial charge in [0.1, 0.15) is 6.61 Å². The molecule has 0 radical (unpaired) electrons. The molecule has 1 atom stereocenters. The fraction of sp³-hybridized carbons (Fsp3) is 0.360. The summed E-state index contributed by atoms with van der Waals surface area (Å²) in [7, 11) is 1.53. The number of hydrogen-bond acceptors (Lipinski definition) is 7. The molecule has 1 aliphatic rings. The number of methoxy groups -OCH3 is 1. The van der Waals surface area contributed by atoms with E-state index in [1.807, 2.05) is 0 Å². The summed E-state index contributed by atoms with van der Waals surface area (Å²) < 4.78 is 11.1. The Balaban J connectivity index is 2.04. The van der Waals surface area contributed by atoms with Crippen molar-refractivity contribution < 1.29 is 24.2 Å². The highest BCUT2D eigenvalue weighted by molar-refractivity contribution is 7.12. The molecule has 1 amide bonds. The lowest BCUT2D eigenvalue weighted by atomic mass is 9.95. The number of nitrogens with zero attached hydrogens (tertiary/aromatic N) is 2. The van der Waals surface area contributed by atoms with Crippen LogP contribution in [0, 0.1) is 0 Å². The van der Waals surface area contributed by atoms with Gasteiger partial charge in [0.05, 0.1) is 23.6 Å². The number of likely N-dealkylation sites (N-methyl/N-ethyl adjacent to an activating group) is 1. The summed E-state index contributed by atoms with van der Waals surface area (Å²) in [5.41, 5.74) is 0.749. The molecular formula is C25H30N2O5S. The molecule has 33 heavy (non-hydrogen) atoms. The van der Waals surface area contributed by atoms with Crippen molar-refractivity contribution in [2.75, 3.05) is 39.9 Å². The number of ketones is 1. The summed E-state index contributed by atoms with van der Waals surface area (Å²) in [6, 6.07) is 8.02. The molecule has 1 N–H and O–H groups in total. The molecule has 2 aromatic rings. The zero-order chi connectivity index (χ0) is 24.0. The number of Topliss-reactive ketones (excluding diaryl/α,β-unsaturated/α-hetero) is 1. The monoisotopic (exact) mass is 470 g/mol. The van der Waals surface area contributed by atoms with Crippen molar-refractivity contribution >= 4 is 23.0 Å². The number of carbonyl (C=O) groups is 2. The fourth-order valence-corrected chi connectivity index (χ4v) is 4.59. The predicted octanol–water partition coefficient (Wildman–Crippen LogP) is 4.24. The van der Waals surface area contributed by atoms with Crippen LogP contribution in [0.4, 0.5) is 0 Å². The van der Waals surface area contributed by atoms with Crippen molar-refractivity contribution in [3.63, 3.8) is 0 Å². The van der Waals surface area contributed by atoms with Gasteiger partial charge in [0, 0.05) is 13.1 Å². The van der Waals surface area contributed by atoms with Gasteiger partial charge in [-0.1, -0.05) is 38.6 Å². The molecule has 1 aromatic carbocycles. The Morgan fingerprint density at radius 1 is 1.27 bits per heavy atom. The molecule has 0 saturated carbocycles. The van der Waals surface area contributed by atoms with Gasteiger partial charge in [0.25, 0.3) is 5.91 Å². The SMILES string of the molecule is C=CCOc1ccc([C@@H]2C(C(=O)c3cccs3)=C(O)C(=O)N2CCN(CC)CC)cc1OC. The summed E-state index contributed by atoms with van der Waals surface area (Å²) in [4.78, 5) is 30.7. The number of amides is 1. The Kier molecular flexibility index (Phi) is 8.30. The maximum Gasteiger partial charge on any atom is 0.290 e. The number of hydrogen-bond donors (Lipinski definition) is 1. The van der Waals surface area contributed by atoms with Gasteiger partial charge in [-0.3, -0.25) is 9.59 Å². The lowest BCUT2D eigenvalue weighted by molar-refractivity contribution is -0.129. The third-order valence-corrected chi connectivity index (χ3v) is 6.57. The summed E-state index contributed by atoms with van der Waals surface area (Å²) in [6.45, 7) is 10.8. The van der Waals surface area contributed by atoms with Gasteiger partial charge in [-0.15, -0.1) is 11.3 Å². The molecule has 0 unspecified atom stereocenters. The van der Waals surface area contributed by atoms with Gasteiger partial charge in [0.15, 0.2) is 17.3 Å². The lowest BCUT2D eigenvalue weighted by Gasteiger charge is -2.29. The smallest absolute Gasteiger partial charge is 0.290 e. The fourth-order valence-electron chi connectivity index (χ4n) is 3.91. The second-order valence-corrected chi connectivity index (χ2v) is 8.45. The van der Waals surface area contributed by atoms with E-state index >= 15 is 0 Å². The van der Waals surface area contributed by atoms with E-state index in [-0.39, 0.29) is 11.4 Å². The molecule has 3 rings (SSSR count). The molecule has 0 aliphatic carbocycles. The van der Waals surface area contributed by atoms with Crippen molar-refractivity contribution in [2.45, 2.75) is 19.9 Å². The standard InChI is InChI=1S/C25H30N2O5S/c1-5-14-32-18-11-10-17(16-19(18)31-4)22-21(23(28)20-9-8-15-33-20)24(29)25(30)27(22)13-12-26(6-2)7-3/h5,8-11,15-16,22,29H,1,6-7,12-14H2,2-4H3/t22-/m1/s1. The molecule has 0 saturated heterocycles. The minimum Gasteiger partial charge on any atom is -0.503 e. The first-order valence-corrected chi connectivity index (χ1v) is 11.8. The number of benzene rings is 1. The average molecular weight is 471 g/mol. The minimum atomic E-state index is -0.731. The molecule has 176 valence electrons.